The molecule has 0 saturated heterocycles. The SMILES string of the molecule is CCC(N)CC(=O)CC1CC1. The van der Waals surface area contributed by atoms with Gasteiger partial charge in [-0.15, -0.1) is 0 Å². The fourth-order valence-corrected chi connectivity index (χ4v) is 1.16. The second-order valence-electron chi connectivity index (χ2n) is 3.56. The minimum Gasteiger partial charge on any atom is -0.327 e. The second-order valence-corrected chi connectivity index (χ2v) is 3.56. The molecule has 0 heterocycles. The predicted octanol–water partition coefficient (Wildman–Crippen LogP) is 1.48. The summed E-state index contributed by atoms with van der Waals surface area (Å²) in [6.07, 6.45) is 4.80. The van der Waals surface area contributed by atoms with Gasteiger partial charge in [0.25, 0.3) is 0 Å². The Bertz CT molecular complexity index is 140. The molecule has 1 atom stereocenters. The molecule has 64 valence electrons. The number of Topliss-reactive ketones (excluding diaryl/α,β-unsaturated/α-hetero) is 1. The fourth-order valence-electron chi connectivity index (χ4n) is 1.16. The molecule has 2 N–H and O–H groups in total. The van der Waals surface area contributed by atoms with E-state index in [1.165, 1.54) is 12.8 Å². The van der Waals surface area contributed by atoms with Crippen molar-refractivity contribution in [3.8, 4) is 0 Å². The van der Waals surface area contributed by atoms with Gasteiger partial charge in [-0.1, -0.05) is 6.92 Å². The zero-order chi connectivity index (χ0) is 8.27. The summed E-state index contributed by atoms with van der Waals surface area (Å²) in [6, 6.07) is 0.0984. The molecule has 1 aliphatic rings. The Kier molecular flexibility index (Phi) is 3.06. The molecule has 1 fully saturated rings. The first kappa shape index (κ1) is 8.72. The van der Waals surface area contributed by atoms with Gasteiger partial charge in [0.2, 0.25) is 0 Å². The van der Waals surface area contributed by atoms with Crippen LogP contribution in [0.5, 0.6) is 0 Å². The Labute approximate surface area is 68.2 Å². The van der Waals surface area contributed by atoms with E-state index in [9.17, 15) is 4.79 Å². The summed E-state index contributed by atoms with van der Waals surface area (Å²) in [4.78, 5) is 11.2. The quantitative estimate of drug-likeness (QED) is 0.653. The summed E-state index contributed by atoms with van der Waals surface area (Å²) in [5.74, 6) is 1.08. The van der Waals surface area contributed by atoms with Gasteiger partial charge in [-0.2, -0.15) is 0 Å². The fraction of sp³-hybridized carbons (Fsp3) is 0.889. The van der Waals surface area contributed by atoms with Crippen LogP contribution in [0.3, 0.4) is 0 Å². The molecule has 1 unspecified atom stereocenters. The van der Waals surface area contributed by atoms with Crippen LogP contribution in [0, 0.1) is 5.92 Å². The van der Waals surface area contributed by atoms with E-state index in [-0.39, 0.29) is 6.04 Å². The topological polar surface area (TPSA) is 43.1 Å². The minimum absolute atomic E-state index is 0.0984. The van der Waals surface area contributed by atoms with Crippen molar-refractivity contribution in [2.75, 3.05) is 0 Å². The molecular weight excluding hydrogens is 138 g/mol. The Morgan fingerprint density at radius 2 is 2.27 bits per heavy atom. The first-order valence-electron chi connectivity index (χ1n) is 4.49. The van der Waals surface area contributed by atoms with Crippen LogP contribution in [0.1, 0.15) is 39.0 Å². The lowest BCUT2D eigenvalue weighted by Crippen LogP contribution is -2.22. The van der Waals surface area contributed by atoms with E-state index in [1.807, 2.05) is 6.92 Å². The monoisotopic (exact) mass is 155 g/mol. The van der Waals surface area contributed by atoms with Gasteiger partial charge in [0.1, 0.15) is 5.78 Å². The van der Waals surface area contributed by atoms with E-state index in [0.717, 1.165) is 12.8 Å². The van der Waals surface area contributed by atoms with Gasteiger partial charge in [0.15, 0.2) is 0 Å². The van der Waals surface area contributed by atoms with Crippen molar-refractivity contribution in [1.82, 2.24) is 0 Å². The van der Waals surface area contributed by atoms with Gasteiger partial charge in [-0.3, -0.25) is 4.79 Å². The standard InChI is InChI=1S/C9H17NO/c1-2-8(10)6-9(11)5-7-3-4-7/h7-8H,2-6,10H2,1H3. The van der Waals surface area contributed by atoms with E-state index in [2.05, 4.69) is 0 Å². The average Bonchev–Trinajstić information content (AvgIpc) is 2.71. The van der Waals surface area contributed by atoms with Crippen LogP contribution < -0.4 is 5.73 Å². The maximum absolute atomic E-state index is 11.2. The van der Waals surface area contributed by atoms with Crippen LogP contribution in [0.15, 0.2) is 0 Å². The van der Waals surface area contributed by atoms with Crippen LogP contribution in [0.4, 0.5) is 0 Å². The molecule has 0 spiro atoms. The normalized spacial score (nSPS) is 19.8. The lowest BCUT2D eigenvalue weighted by Gasteiger charge is -2.05. The maximum atomic E-state index is 11.2. The van der Waals surface area contributed by atoms with Crippen LogP contribution in [-0.2, 0) is 4.79 Å². The highest BCUT2D eigenvalue weighted by molar-refractivity contribution is 5.79. The predicted molar refractivity (Wildman–Crippen MR) is 45.2 cm³/mol. The van der Waals surface area contributed by atoms with Crippen LogP contribution >= 0.6 is 0 Å². The molecule has 1 rings (SSSR count). The van der Waals surface area contributed by atoms with Crippen molar-refractivity contribution < 1.29 is 4.79 Å². The van der Waals surface area contributed by atoms with Gasteiger partial charge in [-0.25, -0.2) is 0 Å². The lowest BCUT2D eigenvalue weighted by atomic mass is 10.1. The van der Waals surface area contributed by atoms with Crippen LogP contribution in [0.25, 0.3) is 0 Å². The molecule has 0 bridgehead atoms. The first-order chi connectivity index (χ1) is 5.22. The molecule has 2 nitrogen and oxygen atoms in total. The van der Waals surface area contributed by atoms with Gasteiger partial charge < -0.3 is 5.73 Å². The number of rotatable bonds is 5. The van der Waals surface area contributed by atoms with Crippen molar-refractivity contribution in [1.29, 1.82) is 0 Å². The van der Waals surface area contributed by atoms with E-state index in [4.69, 9.17) is 5.73 Å². The molecule has 0 aromatic rings. The highest BCUT2D eigenvalue weighted by Gasteiger charge is 2.24. The highest BCUT2D eigenvalue weighted by Crippen LogP contribution is 2.32. The first-order valence-corrected chi connectivity index (χ1v) is 4.49. The zero-order valence-corrected chi connectivity index (χ0v) is 7.18. The molecule has 0 radical (unpaired) electrons. The number of nitrogens with two attached hydrogens (primary N) is 1. The molecule has 2 heteroatoms. The molecule has 0 aromatic carbocycles. The summed E-state index contributed by atoms with van der Waals surface area (Å²) in [5, 5.41) is 0. The van der Waals surface area contributed by atoms with Gasteiger partial charge >= 0.3 is 0 Å². The molecule has 0 aliphatic heterocycles. The number of hydrogen-bond donors (Lipinski definition) is 1. The molecule has 0 aromatic heterocycles. The lowest BCUT2D eigenvalue weighted by molar-refractivity contribution is -0.119. The van der Waals surface area contributed by atoms with E-state index < -0.39 is 0 Å². The van der Waals surface area contributed by atoms with E-state index in [0.29, 0.717) is 18.1 Å². The van der Waals surface area contributed by atoms with Crippen LogP contribution in [-0.4, -0.2) is 11.8 Å². The Morgan fingerprint density at radius 3 is 2.73 bits per heavy atom. The molecule has 0 amide bonds. The van der Waals surface area contributed by atoms with Crippen molar-refractivity contribution >= 4 is 5.78 Å². The van der Waals surface area contributed by atoms with Gasteiger partial charge in [-0.05, 0) is 25.2 Å². The number of carbonyl (C=O) groups is 1. The Balaban J connectivity index is 2.08. The molecular formula is C9H17NO. The Hall–Kier alpha value is -0.370. The van der Waals surface area contributed by atoms with Gasteiger partial charge in [0, 0.05) is 18.9 Å². The van der Waals surface area contributed by atoms with E-state index in [1.54, 1.807) is 0 Å². The van der Waals surface area contributed by atoms with Crippen LogP contribution in [0.2, 0.25) is 0 Å². The van der Waals surface area contributed by atoms with Crippen molar-refractivity contribution in [2.24, 2.45) is 11.7 Å². The maximum Gasteiger partial charge on any atom is 0.134 e. The summed E-state index contributed by atoms with van der Waals surface area (Å²) in [6.45, 7) is 2.02. The number of carbonyl (C=O) groups excluding carboxylic acids is 1. The minimum atomic E-state index is 0.0984. The van der Waals surface area contributed by atoms with E-state index >= 15 is 0 Å². The Morgan fingerprint density at radius 1 is 1.64 bits per heavy atom. The summed E-state index contributed by atoms with van der Waals surface area (Å²) in [5.41, 5.74) is 5.65. The third-order valence-electron chi connectivity index (χ3n) is 2.23. The average molecular weight is 155 g/mol. The molecule has 11 heavy (non-hydrogen) atoms. The van der Waals surface area contributed by atoms with Crippen molar-refractivity contribution in [3.63, 3.8) is 0 Å². The largest absolute Gasteiger partial charge is 0.327 e. The number of hydrogen-bond acceptors (Lipinski definition) is 2. The second kappa shape index (κ2) is 3.86. The summed E-state index contributed by atoms with van der Waals surface area (Å²) in [7, 11) is 0. The molecule has 1 saturated carbocycles. The summed E-state index contributed by atoms with van der Waals surface area (Å²) < 4.78 is 0. The third-order valence-corrected chi connectivity index (χ3v) is 2.23. The van der Waals surface area contributed by atoms with Crippen molar-refractivity contribution in [2.45, 2.75) is 45.1 Å². The molecule has 1 aliphatic carbocycles. The number of ketones is 1. The summed E-state index contributed by atoms with van der Waals surface area (Å²) >= 11 is 0. The third kappa shape index (κ3) is 3.51. The van der Waals surface area contributed by atoms with Crippen molar-refractivity contribution in [3.05, 3.63) is 0 Å². The highest BCUT2D eigenvalue weighted by atomic mass is 16.1. The zero-order valence-electron chi connectivity index (χ0n) is 7.18. The van der Waals surface area contributed by atoms with Gasteiger partial charge in [0.05, 0.1) is 0 Å². The smallest absolute Gasteiger partial charge is 0.134 e.